The molecule has 1 saturated heterocycles. The first-order valence-electron chi connectivity index (χ1n) is 8.68. The highest BCUT2D eigenvalue weighted by atomic mass is 32.1. The van der Waals surface area contributed by atoms with Crippen molar-refractivity contribution in [1.82, 2.24) is 10.2 Å². The number of hydrogen-bond donors (Lipinski definition) is 1. The van der Waals surface area contributed by atoms with Gasteiger partial charge in [-0.05, 0) is 49.5 Å². The molecule has 7 heteroatoms. The van der Waals surface area contributed by atoms with Crippen LogP contribution in [0.2, 0.25) is 0 Å². The standard InChI is InChI=1S/C20H20FN3O2S/c1-20-16(18(25)23(2)3)17(14-6-4-5-7-15(14)26-20)22-19(27)24(20)13-10-8-12(21)9-11-13/h4-11,16-17H,1-3H3,(H,22,27). The summed E-state index contributed by atoms with van der Waals surface area (Å²) in [6.45, 7) is 1.86. The van der Waals surface area contributed by atoms with E-state index in [1.165, 1.54) is 12.1 Å². The van der Waals surface area contributed by atoms with E-state index in [-0.39, 0.29) is 17.8 Å². The van der Waals surface area contributed by atoms with Gasteiger partial charge in [0.15, 0.2) is 10.8 Å². The van der Waals surface area contributed by atoms with Crippen LogP contribution in [0.5, 0.6) is 5.75 Å². The molecule has 0 saturated carbocycles. The summed E-state index contributed by atoms with van der Waals surface area (Å²) in [6.07, 6.45) is 0. The Kier molecular flexibility index (Phi) is 4.07. The third-order valence-corrected chi connectivity index (χ3v) is 5.50. The third-order valence-electron chi connectivity index (χ3n) is 5.20. The summed E-state index contributed by atoms with van der Waals surface area (Å²) in [5.74, 6) is -0.248. The van der Waals surface area contributed by atoms with Gasteiger partial charge < -0.3 is 15.0 Å². The number of nitrogens with one attached hydrogen (secondary N) is 1. The van der Waals surface area contributed by atoms with E-state index in [4.69, 9.17) is 17.0 Å². The molecule has 4 rings (SSSR count). The quantitative estimate of drug-likeness (QED) is 0.805. The maximum absolute atomic E-state index is 13.4. The Balaban J connectivity index is 1.90. The summed E-state index contributed by atoms with van der Waals surface area (Å²) >= 11 is 5.62. The zero-order chi connectivity index (χ0) is 19.3. The third kappa shape index (κ3) is 2.65. The van der Waals surface area contributed by atoms with E-state index in [1.54, 1.807) is 36.0 Å². The first-order chi connectivity index (χ1) is 12.8. The van der Waals surface area contributed by atoms with Crippen LogP contribution in [0.15, 0.2) is 48.5 Å². The SMILES string of the molecule is CN(C)C(=O)C1C2NC(=S)N(c3ccc(F)cc3)C1(C)Oc1ccccc12. The van der Waals surface area contributed by atoms with E-state index in [9.17, 15) is 9.18 Å². The monoisotopic (exact) mass is 385 g/mol. The summed E-state index contributed by atoms with van der Waals surface area (Å²) in [5.41, 5.74) is 0.502. The van der Waals surface area contributed by atoms with Crippen LogP contribution in [0.25, 0.3) is 0 Å². The first kappa shape index (κ1) is 17.7. The van der Waals surface area contributed by atoms with Crippen LogP contribution < -0.4 is 15.0 Å². The van der Waals surface area contributed by atoms with Crippen LogP contribution in [-0.2, 0) is 4.79 Å². The second-order valence-electron chi connectivity index (χ2n) is 7.14. The van der Waals surface area contributed by atoms with E-state index in [2.05, 4.69) is 5.32 Å². The number of carbonyl (C=O) groups is 1. The number of carbonyl (C=O) groups excluding carboxylic acids is 1. The molecule has 2 aliphatic rings. The van der Waals surface area contributed by atoms with Crippen molar-refractivity contribution < 1.29 is 13.9 Å². The zero-order valence-corrected chi connectivity index (χ0v) is 16.1. The number of amides is 1. The fourth-order valence-corrected chi connectivity index (χ4v) is 4.38. The van der Waals surface area contributed by atoms with Crippen LogP contribution >= 0.6 is 12.2 Å². The van der Waals surface area contributed by atoms with Crippen LogP contribution in [0.1, 0.15) is 18.5 Å². The Bertz CT molecular complexity index is 918. The summed E-state index contributed by atoms with van der Waals surface area (Å²) < 4.78 is 19.8. The largest absolute Gasteiger partial charge is 0.467 e. The fourth-order valence-electron chi connectivity index (χ4n) is 3.96. The van der Waals surface area contributed by atoms with E-state index < -0.39 is 11.6 Å². The van der Waals surface area contributed by atoms with E-state index in [0.29, 0.717) is 16.5 Å². The Morgan fingerprint density at radius 2 is 1.89 bits per heavy atom. The Morgan fingerprint density at radius 1 is 1.22 bits per heavy atom. The van der Waals surface area contributed by atoms with Crippen LogP contribution in [0.3, 0.4) is 0 Å². The molecule has 2 heterocycles. The summed E-state index contributed by atoms with van der Waals surface area (Å²) in [4.78, 5) is 16.5. The van der Waals surface area contributed by atoms with Crippen molar-refractivity contribution in [2.45, 2.75) is 18.7 Å². The molecule has 0 radical (unpaired) electrons. The van der Waals surface area contributed by atoms with Crippen molar-refractivity contribution in [3.8, 4) is 5.75 Å². The van der Waals surface area contributed by atoms with Crippen LogP contribution in [0, 0.1) is 11.7 Å². The van der Waals surface area contributed by atoms with Crippen molar-refractivity contribution >= 4 is 28.9 Å². The molecule has 0 spiro atoms. The first-order valence-corrected chi connectivity index (χ1v) is 9.09. The number of halogens is 1. The molecular formula is C20H20FN3O2S. The molecule has 1 amide bonds. The normalized spacial score (nSPS) is 25.9. The molecule has 0 aromatic heterocycles. The van der Waals surface area contributed by atoms with Gasteiger partial charge in [-0.25, -0.2) is 4.39 Å². The second kappa shape index (κ2) is 6.20. The summed E-state index contributed by atoms with van der Waals surface area (Å²) in [5, 5.41) is 3.75. The highest BCUT2D eigenvalue weighted by Gasteiger charge is 2.59. The van der Waals surface area contributed by atoms with E-state index >= 15 is 0 Å². The smallest absolute Gasteiger partial charge is 0.233 e. The minimum Gasteiger partial charge on any atom is -0.467 e. The van der Waals surface area contributed by atoms with Gasteiger partial charge in [-0.15, -0.1) is 0 Å². The Hall–Kier alpha value is -2.67. The van der Waals surface area contributed by atoms with Gasteiger partial charge in [0.25, 0.3) is 0 Å². The van der Waals surface area contributed by atoms with Gasteiger partial charge in [0, 0.05) is 25.3 Å². The van der Waals surface area contributed by atoms with Crippen molar-refractivity contribution in [3.05, 3.63) is 59.9 Å². The number of thiocarbonyl (C=S) groups is 1. The van der Waals surface area contributed by atoms with Crippen molar-refractivity contribution in [1.29, 1.82) is 0 Å². The summed E-state index contributed by atoms with van der Waals surface area (Å²) in [7, 11) is 3.45. The van der Waals surface area contributed by atoms with Crippen LogP contribution in [-0.4, -0.2) is 35.7 Å². The van der Waals surface area contributed by atoms with Gasteiger partial charge in [0.1, 0.15) is 17.5 Å². The number of benzene rings is 2. The molecule has 1 fully saturated rings. The van der Waals surface area contributed by atoms with E-state index in [0.717, 1.165) is 5.56 Å². The minimum absolute atomic E-state index is 0.0703. The van der Waals surface area contributed by atoms with Gasteiger partial charge in [-0.2, -0.15) is 0 Å². The Morgan fingerprint density at radius 3 is 2.56 bits per heavy atom. The van der Waals surface area contributed by atoms with Crippen molar-refractivity contribution in [2.24, 2.45) is 5.92 Å². The predicted molar refractivity (Wildman–Crippen MR) is 105 cm³/mol. The number of anilines is 1. The van der Waals surface area contributed by atoms with E-state index in [1.807, 2.05) is 31.2 Å². The number of rotatable bonds is 2. The highest BCUT2D eigenvalue weighted by Crippen LogP contribution is 2.49. The molecule has 0 aliphatic carbocycles. The lowest BCUT2D eigenvalue weighted by molar-refractivity contribution is -0.144. The Labute approximate surface area is 162 Å². The maximum atomic E-state index is 13.4. The van der Waals surface area contributed by atoms with Crippen molar-refractivity contribution in [2.75, 3.05) is 19.0 Å². The number of nitrogens with zero attached hydrogens (tertiary/aromatic N) is 2. The molecule has 140 valence electrons. The zero-order valence-electron chi connectivity index (χ0n) is 15.3. The molecule has 3 unspecified atom stereocenters. The summed E-state index contributed by atoms with van der Waals surface area (Å²) in [6, 6.07) is 13.3. The molecule has 1 N–H and O–H groups in total. The predicted octanol–water partition coefficient (Wildman–Crippen LogP) is 3.07. The molecule has 5 nitrogen and oxygen atoms in total. The lowest BCUT2D eigenvalue weighted by Gasteiger charge is -2.56. The average Bonchev–Trinajstić information content (AvgIpc) is 2.62. The van der Waals surface area contributed by atoms with Crippen molar-refractivity contribution in [3.63, 3.8) is 0 Å². The van der Waals surface area contributed by atoms with Gasteiger partial charge in [0.05, 0.1) is 6.04 Å². The molecule has 3 atom stereocenters. The molecular weight excluding hydrogens is 365 g/mol. The number of hydrogen-bond acceptors (Lipinski definition) is 3. The highest BCUT2D eigenvalue weighted by molar-refractivity contribution is 7.80. The van der Waals surface area contributed by atoms with Gasteiger partial charge in [-0.3, -0.25) is 9.69 Å². The molecule has 2 aromatic rings. The average molecular weight is 385 g/mol. The lowest BCUT2D eigenvalue weighted by Crippen LogP contribution is -2.72. The lowest BCUT2D eigenvalue weighted by atomic mass is 9.78. The number of para-hydroxylation sites is 1. The molecule has 2 aromatic carbocycles. The second-order valence-corrected chi connectivity index (χ2v) is 7.53. The number of ether oxygens (including phenoxy) is 1. The maximum Gasteiger partial charge on any atom is 0.233 e. The molecule has 2 aliphatic heterocycles. The minimum atomic E-state index is -1.06. The van der Waals surface area contributed by atoms with Gasteiger partial charge in [-0.1, -0.05) is 18.2 Å². The topological polar surface area (TPSA) is 44.8 Å². The molecule has 27 heavy (non-hydrogen) atoms. The van der Waals surface area contributed by atoms with Crippen LogP contribution in [0.4, 0.5) is 10.1 Å². The number of fused-ring (bicyclic) bond motifs is 4. The fraction of sp³-hybridized carbons (Fsp3) is 0.300. The van der Waals surface area contributed by atoms with Gasteiger partial charge in [0.2, 0.25) is 5.91 Å². The van der Waals surface area contributed by atoms with Gasteiger partial charge >= 0.3 is 0 Å². The molecule has 2 bridgehead atoms.